The van der Waals surface area contributed by atoms with Crippen molar-refractivity contribution in [3.63, 3.8) is 0 Å². The SMILES string of the molecule is CC(NC(=O)OC(C)(C)C)C(=O)N(CCO)CCc1ccc([N+](=O)[O-])cc1. The number of hydrogen-bond donors (Lipinski definition) is 2. The quantitative estimate of drug-likeness (QED) is 0.524. The molecule has 0 bridgehead atoms. The van der Waals surface area contributed by atoms with Crippen LogP contribution in [0.5, 0.6) is 0 Å². The number of carbonyl (C=O) groups excluding carboxylic acids is 2. The van der Waals surface area contributed by atoms with E-state index < -0.39 is 22.7 Å². The Hall–Kier alpha value is -2.68. The molecular weight excluding hydrogens is 354 g/mol. The van der Waals surface area contributed by atoms with E-state index in [0.29, 0.717) is 13.0 Å². The summed E-state index contributed by atoms with van der Waals surface area (Å²) in [5, 5.41) is 22.4. The first-order valence-electron chi connectivity index (χ1n) is 8.66. The van der Waals surface area contributed by atoms with Gasteiger partial charge in [0, 0.05) is 25.2 Å². The molecule has 9 heteroatoms. The van der Waals surface area contributed by atoms with Crippen LogP contribution in [0.15, 0.2) is 24.3 Å². The third-order valence-electron chi connectivity index (χ3n) is 3.60. The Bertz CT molecular complexity index is 654. The van der Waals surface area contributed by atoms with E-state index in [-0.39, 0.29) is 24.7 Å². The van der Waals surface area contributed by atoms with Crippen molar-refractivity contribution >= 4 is 17.7 Å². The summed E-state index contributed by atoms with van der Waals surface area (Å²) < 4.78 is 5.13. The van der Waals surface area contributed by atoms with E-state index in [0.717, 1.165) is 5.56 Å². The lowest BCUT2D eigenvalue weighted by molar-refractivity contribution is -0.384. The Morgan fingerprint density at radius 3 is 2.33 bits per heavy atom. The molecule has 27 heavy (non-hydrogen) atoms. The summed E-state index contributed by atoms with van der Waals surface area (Å²) in [5.74, 6) is -0.350. The average molecular weight is 381 g/mol. The van der Waals surface area contributed by atoms with Gasteiger partial charge < -0.3 is 20.1 Å². The third-order valence-corrected chi connectivity index (χ3v) is 3.60. The molecule has 2 N–H and O–H groups in total. The van der Waals surface area contributed by atoms with Crippen LogP contribution in [-0.2, 0) is 16.0 Å². The van der Waals surface area contributed by atoms with Crippen molar-refractivity contribution in [1.29, 1.82) is 0 Å². The zero-order valence-electron chi connectivity index (χ0n) is 16.1. The molecule has 1 atom stereocenters. The molecule has 0 saturated carbocycles. The largest absolute Gasteiger partial charge is 0.444 e. The number of benzene rings is 1. The van der Waals surface area contributed by atoms with Gasteiger partial charge in [-0.2, -0.15) is 0 Å². The van der Waals surface area contributed by atoms with E-state index in [9.17, 15) is 24.8 Å². The molecule has 0 heterocycles. The van der Waals surface area contributed by atoms with Crippen molar-refractivity contribution in [2.75, 3.05) is 19.7 Å². The van der Waals surface area contributed by atoms with E-state index in [4.69, 9.17) is 4.74 Å². The summed E-state index contributed by atoms with van der Waals surface area (Å²) in [6.07, 6.45) is -0.231. The van der Waals surface area contributed by atoms with Gasteiger partial charge in [-0.25, -0.2) is 4.79 Å². The van der Waals surface area contributed by atoms with Crippen LogP contribution >= 0.6 is 0 Å². The smallest absolute Gasteiger partial charge is 0.408 e. The summed E-state index contributed by atoms with van der Waals surface area (Å²) in [5.41, 5.74) is 0.148. The minimum atomic E-state index is -0.816. The first-order valence-corrected chi connectivity index (χ1v) is 8.66. The summed E-state index contributed by atoms with van der Waals surface area (Å²) in [7, 11) is 0. The van der Waals surface area contributed by atoms with Crippen molar-refractivity contribution < 1.29 is 24.4 Å². The van der Waals surface area contributed by atoms with Crippen LogP contribution in [0.1, 0.15) is 33.3 Å². The topological polar surface area (TPSA) is 122 Å². The van der Waals surface area contributed by atoms with Crippen LogP contribution in [0.4, 0.5) is 10.5 Å². The van der Waals surface area contributed by atoms with Crippen molar-refractivity contribution in [1.82, 2.24) is 10.2 Å². The first-order chi connectivity index (χ1) is 12.5. The molecule has 0 aliphatic carbocycles. The highest BCUT2D eigenvalue weighted by Crippen LogP contribution is 2.13. The number of nitrogens with zero attached hydrogens (tertiary/aromatic N) is 2. The Kier molecular flexibility index (Phi) is 8.17. The fourth-order valence-corrected chi connectivity index (χ4v) is 2.32. The molecule has 1 rings (SSSR count). The molecule has 2 amide bonds. The Morgan fingerprint density at radius 1 is 1.26 bits per heavy atom. The summed E-state index contributed by atoms with van der Waals surface area (Å²) in [6, 6.07) is 5.24. The number of ether oxygens (including phenoxy) is 1. The molecule has 9 nitrogen and oxygen atoms in total. The number of non-ortho nitro benzene ring substituents is 1. The zero-order chi connectivity index (χ0) is 20.6. The lowest BCUT2D eigenvalue weighted by atomic mass is 10.1. The predicted octanol–water partition coefficient (Wildman–Crippen LogP) is 1.87. The molecule has 1 unspecified atom stereocenters. The van der Waals surface area contributed by atoms with Gasteiger partial charge in [-0.3, -0.25) is 14.9 Å². The first kappa shape index (κ1) is 22.4. The number of nitro benzene ring substituents is 1. The highest BCUT2D eigenvalue weighted by molar-refractivity contribution is 5.85. The minimum Gasteiger partial charge on any atom is -0.444 e. The second-order valence-corrected chi connectivity index (χ2v) is 7.09. The number of hydrogen-bond acceptors (Lipinski definition) is 6. The molecule has 0 aliphatic heterocycles. The molecule has 1 aromatic carbocycles. The second kappa shape index (κ2) is 9.86. The van der Waals surface area contributed by atoms with Gasteiger partial charge in [0.1, 0.15) is 11.6 Å². The van der Waals surface area contributed by atoms with Gasteiger partial charge in [-0.1, -0.05) is 12.1 Å². The van der Waals surface area contributed by atoms with Crippen LogP contribution in [0.3, 0.4) is 0 Å². The van der Waals surface area contributed by atoms with Gasteiger partial charge in [-0.05, 0) is 39.7 Å². The molecule has 0 spiro atoms. The van der Waals surface area contributed by atoms with E-state index in [2.05, 4.69) is 5.32 Å². The standard InChI is InChI=1S/C18H27N3O6/c1-13(19-17(24)27-18(2,3)4)16(23)20(11-12-22)10-9-14-5-7-15(8-6-14)21(25)26/h5-8,13,22H,9-12H2,1-4H3,(H,19,24). The number of nitrogens with one attached hydrogen (secondary N) is 1. The number of amides is 2. The van der Waals surface area contributed by atoms with Gasteiger partial charge in [0.05, 0.1) is 11.5 Å². The zero-order valence-corrected chi connectivity index (χ0v) is 16.1. The maximum absolute atomic E-state index is 12.6. The van der Waals surface area contributed by atoms with E-state index >= 15 is 0 Å². The Labute approximate surface area is 158 Å². The van der Waals surface area contributed by atoms with Crippen LogP contribution in [0.25, 0.3) is 0 Å². The fraction of sp³-hybridized carbons (Fsp3) is 0.556. The number of nitro groups is 1. The fourth-order valence-electron chi connectivity index (χ4n) is 2.32. The molecule has 0 fully saturated rings. The maximum Gasteiger partial charge on any atom is 0.408 e. The van der Waals surface area contributed by atoms with Crippen LogP contribution in [0, 0.1) is 10.1 Å². The van der Waals surface area contributed by atoms with Crippen LogP contribution < -0.4 is 5.32 Å². The monoisotopic (exact) mass is 381 g/mol. The van der Waals surface area contributed by atoms with Gasteiger partial charge in [-0.15, -0.1) is 0 Å². The highest BCUT2D eigenvalue weighted by Gasteiger charge is 2.24. The maximum atomic E-state index is 12.6. The molecular formula is C18H27N3O6. The molecule has 0 saturated heterocycles. The Morgan fingerprint density at radius 2 is 1.85 bits per heavy atom. The molecule has 0 aliphatic rings. The lowest BCUT2D eigenvalue weighted by Gasteiger charge is -2.27. The minimum absolute atomic E-state index is 0.00257. The lowest BCUT2D eigenvalue weighted by Crippen LogP contribution is -2.49. The predicted molar refractivity (Wildman–Crippen MR) is 99.3 cm³/mol. The van der Waals surface area contributed by atoms with E-state index in [1.54, 1.807) is 39.8 Å². The van der Waals surface area contributed by atoms with Crippen LogP contribution in [-0.4, -0.2) is 58.3 Å². The molecule has 0 aromatic heterocycles. The van der Waals surface area contributed by atoms with Crippen LogP contribution in [0.2, 0.25) is 0 Å². The number of aliphatic hydroxyl groups is 1. The van der Waals surface area contributed by atoms with E-state index in [1.165, 1.54) is 17.0 Å². The number of rotatable bonds is 8. The van der Waals surface area contributed by atoms with Crippen molar-refractivity contribution in [2.45, 2.75) is 45.8 Å². The Balaban J connectivity index is 2.66. The van der Waals surface area contributed by atoms with Crippen molar-refractivity contribution in [2.24, 2.45) is 0 Å². The van der Waals surface area contributed by atoms with Gasteiger partial charge in [0.25, 0.3) is 5.69 Å². The normalized spacial score (nSPS) is 12.2. The summed E-state index contributed by atoms with van der Waals surface area (Å²) in [4.78, 5) is 36.0. The number of aliphatic hydroxyl groups excluding tert-OH is 1. The summed E-state index contributed by atoms with van der Waals surface area (Å²) in [6.45, 7) is 6.92. The van der Waals surface area contributed by atoms with Gasteiger partial charge in [0.15, 0.2) is 0 Å². The van der Waals surface area contributed by atoms with Gasteiger partial charge in [0.2, 0.25) is 5.91 Å². The third kappa shape index (κ3) is 8.04. The van der Waals surface area contributed by atoms with Gasteiger partial charge >= 0.3 is 6.09 Å². The van der Waals surface area contributed by atoms with Crippen molar-refractivity contribution in [3.05, 3.63) is 39.9 Å². The van der Waals surface area contributed by atoms with E-state index in [1.807, 2.05) is 0 Å². The molecule has 150 valence electrons. The second-order valence-electron chi connectivity index (χ2n) is 7.09. The number of carbonyl (C=O) groups is 2. The average Bonchev–Trinajstić information content (AvgIpc) is 2.56. The number of alkyl carbamates (subject to hydrolysis) is 1. The molecule has 0 radical (unpaired) electrons. The van der Waals surface area contributed by atoms with Crippen molar-refractivity contribution in [3.8, 4) is 0 Å². The molecule has 1 aromatic rings. The summed E-state index contributed by atoms with van der Waals surface area (Å²) >= 11 is 0. The highest BCUT2D eigenvalue weighted by atomic mass is 16.6.